The van der Waals surface area contributed by atoms with Crippen LogP contribution >= 0.6 is 0 Å². The Balaban J connectivity index is 1.83. The smallest absolute Gasteiger partial charge is 0.152 e. The SMILES string of the molecule is NCC1(N2CC3CCC(C2)O3)CCCS(=O)(=O)C1. The maximum Gasteiger partial charge on any atom is 0.152 e. The van der Waals surface area contributed by atoms with Gasteiger partial charge in [0.05, 0.1) is 23.7 Å². The number of hydrogen-bond donors (Lipinski definition) is 1. The van der Waals surface area contributed by atoms with Crippen LogP contribution in [0.15, 0.2) is 0 Å². The molecule has 2 bridgehead atoms. The second-order valence-corrected chi connectivity index (χ2v) is 8.17. The van der Waals surface area contributed by atoms with Gasteiger partial charge in [0, 0.05) is 25.2 Å². The number of nitrogens with zero attached hydrogens (tertiary/aromatic N) is 1. The first kappa shape index (κ1) is 12.8. The molecule has 2 N–H and O–H groups in total. The summed E-state index contributed by atoms with van der Waals surface area (Å²) in [6, 6.07) is 0. The quantitative estimate of drug-likeness (QED) is 0.752. The number of fused-ring (bicyclic) bond motifs is 2. The molecule has 0 aromatic carbocycles. The summed E-state index contributed by atoms with van der Waals surface area (Å²) in [7, 11) is -2.93. The molecule has 3 unspecified atom stereocenters. The van der Waals surface area contributed by atoms with E-state index in [-0.39, 0.29) is 23.5 Å². The minimum atomic E-state index is -2.93. The maximum absolute atomic E-state index is 11.9. The van der Waals surface area contributed by atoms with E-state index in [9.17, 15) is 8.42 Å². The second kappa shape index (κ2) is 4.44. The Bertz CT molecular complexity index is 413. The van der Waals surface area contributed by atoms with Gasteiger partial charge in [0.2, 0.25) is 0 Å². The molecule has 0 aliphatic carbocycles. The van der Waals surface area contributed by atoms with Crippen molar-refractivity contribution in [2.45, 2.75) is 43.4 Å². The van der Waals surface area contributed by atoms with Crippen molar-refractivity contribution < 1.29 is 13.2 Å². The average molecular weight is 274 g/mol. The van der Waals surface area contributed by atoms with E-state index in [2.05, 4.69) is 4.90 Å². The van der Waals surface area contributed by atoms with Crippen molar-refractivity contribution in [3.05, 3.63) is 0 Å². The minimum absolute atomic E-state index is 0.232. The Hall–Kier alpha value is -0.170. The van der Waals surface area contributed by atoms with Crippen molar-refractivity contribution in [2.24, 2.45) is 5.73 Å². The van der Waals surface area contributed by atoms with Crippen LogP contribution < -0.4 is 5.73 Å². The van der Waals surface area contributed by atoms with Crippen LogP contribution in [0.5, 0.6) is 0 Å². The average Bonchev–Trinajstić information content (AvgIpc) is 2.66. The molecule has 0 amide bonds. The van der Waals surface area contributed by atoms with Gasteiger partial charge in [0.25, 0.3) is 0 Å². The highest BCUT2D eigenvalue weighted by atomic mass is 32.2. The van der Waals surface area contributed by atoms with E-state index in [1.54, 1.807) is 0 Å². The highest BCUT2D eigenvalue weighted by Crippen LogP contribution is 2.35. The first-order valence-electron chi connectivity index (χ1n) is 6.84. The predicted octanol–water partition coefficient (Wildman–Crippen LogP) is -0.244. The topological polar surface area (TPSA) is 72.6 Å². The van der Waals surface area contributed by atoms with Crippen LogP contribution in [-0.2, 0) is 14.6 Å². The van der Waals surface area contributed by atoms with E-state index in [0.29, 0.717) is 12.3 Å². The molecule has 18 heavy (non-hydrogen) atoms. The summed E-state index contributed by atoms with van der Waals surface area (Å²) < 4.78 is 29.7. The van der Waals surface area contributed by atoms with Gasteiger partial charge in [-0.15, -0.1) is 0 Å². The first-order chi connectivity index (χ1) is 8.53. The molecule has 3 fully saturated rings. The third kappa shape index (κ3) is 2.19. The summed E-state index contributed by atoms with van der Waals surface area (Å²) in [6.45, 7) is 2.14. The second-order valence-electron chi connectivity index (χ2n) is 5.99. The monoisotopic (exact) mass is 274 g/mol. The van der Waals surface area contributed by atoms with E-state index in [1.165, 1.54) is 0 Å². The van der Waals surface area contributed by atoms with E-state index in [4.69, 9.17) is 10.5 Å². The molecule has 6 heteroatoms. The van der Waals surface area contributed by atoms with Crippen LogP contribution in [0, 0.1) is 0 Å². The van der Waals surface area contributed by atoms with Crippen LogP contribution in [-0.4, -0.2) is 62.2 Å². The maximum atomic E-state index is 11.9. The number of nitrogens with two attached hydrogens (primary N) is 1. The third-order valence-corrected chi connectivity index (χ3v) is 6.57. The molecule has 5 nitrogen and oxygen atoms in total. The largest absolute Gasteiger partial charge is 0.372 e. The van der Waals surface area contributed by atoms with Crippen molar-refractivity contribution in [1.29, 1.82) is 0 Å². The summed E-state index contributed by atoms with van der Waals surface area (Å²) in [5, 5.41) is 0. The summed E-state index contributed by atoms with van der Waals surface area (Å²) >= 11 is 0. The predicted molar refractivity (Wildman–Crippen MR) is 69.1 cm³/mol. The number of hydrogen-bond acceptors (Lipinski definition) is 5. The number of likely N-dealkylation sites (tertiary alicyclic amines) is 1. The van der Waals surface area contributed by atoms with Gasteiger partial charge >= 0.3 is 0 Å². The molecule has 3 aliphatic rings. The van der Waals surface area contributed by atoms with Crippen molar-refractivity contribution in [1.82, 2.24) is 4.90 Å². The van der Waals surface area contributed by atoms with Gasteiger partial charge in [-0.05, 0) is 25.7 Å². The number of rotatable bonds is 2. The lowest BCUT2D eigenvalue weighted by atomic mass is 9.92. The van der Waals surface area contributed by atoms with Crippen LogP contribution in [0.1, 0.15) is 25.7 Å². The van der Waals surface area contributed by atoms with E-state index in [0.717, 1.165) is 38.8 Å². The third-order valence-electron chi connectivity index (χ3n) is 4.68. The summed E-state index contributed by atoms with van der Waals surface area (Å²) in [4.78, 5) is 2.32. The van der Waals surface area contributed by atoms with Gasteiger partial charge in [0.1, 0.15) is 0 Å². The zero-order chi connectivity index (χ0) is 12.8. The first-order valence-corrected chi connectivity index (χ1v) is 8.66. The zero-order valence-corrected chi connectivity index (χ0v) is 11.5. The number of sulfone groups is 1. The fourth-order valence-corrected chi connectivity index (χ4v) is 5.71. The molecule has 104 valence electrons. The van der Waals surface area contributed by atoms with E-state index in [1.807, 2.05) is 0 Å². The summed E-state index contributed by atoms with van der Waals surface area (Å²) in [5.74, 6) is 0.557. The van der Waals surface area contributed by atoms with E-state index < -0.39 is 9.84 Å². The molecule has 0 aromatic rings. The highest BCUT2D eigenvalue weighted by Gasteiger charge is 2.47. The standard InChI is InChI=1S/C12H22N2O3S/c13-8-12(4-1-5-18(15,16)9-12)14-6-10-2-3-11(7-14)17-10/h10-11H,1-9,13H2. The van der Waals surface area contributed by atoms with Crippen molar-refractivity contribution in [3.63, 3.8) is 0 Å². The summed E-state index contributed by atoms with van der Waals surface area (Å²) in [6.07, 6.45) is 4.44. The molecule has 0 aromatic heterocycles. The van der Waals surface area contributed by atoms with Gasteiger partial charge in [-0.2, -0.15) is 0 Å². The lowest BCUT2D eigenvalue weighted by molar-refractivity contribution is -0.0744. The normalized spacial score (nSPS) is 44.1. The van der Waals surface area contributed by atoms with Gasteiger partial charge in [-0.3, -0.25) is 4.90 Å². The Labute approximate surface area is 109 Å². The molecule has 3 heterocycles. The molecule has 3 atom stereocenters. The van der Waals surface area contributed by atoms with Crippen molar-refractivity contribution in [2.75, 3.05) is 31.1 Å². The Morgan fingerprint density at radius 3 is 2.50 bits per heavy atom. The van der Waals surface area contributed by atoms with Crippen LogP contribution in [0.2, 0.25) is 0 Å². The van der Waals surface area contributed by atoms with Gasteiger partial charge in [-0.1, -0.05) is 0 Å². The Kier molecular flexibility index (Phi) is 3.17. The minimum Gasteiger partial charge on any atom is -0.372 e. The fraction of sp³-hybridized carbons (Fsp3) is 1.00. The molecule has 0 saturated carbocycles. The van der Waals surface area contributed by atoms with Gasteiger partial charge in [-0.25, -0.2) is 8.42 Å². The van der Waals surface area contributed by atoms with Crippen molar-refractivity contribution in [3.8, 4) is 0 Å². The fourth-order valence-electron chi connectivity index (χ4n) is 3.72. The lowest BCUT2D eigenvalue weighted by Gasteiger charge is -2.48. The molecule has 3 rings (SSSR count). The molecule has 3 saturated heterocycles. The molecule has 3 aliphatic heterocycles. The molecular formula is C12H22N2O3S. The lowest BCUT2D eigenvalue weighted by Crippen LogP contribution is -2.64. The Morgan fingerprint density at radius 2 is 1.94 bits per heavy atom. The molecular weight excluding hydrogens is 252 g/mol. The highest BCUT2D eigenvalue weighted by molar-refractivity contribution is 7.91. The van der Waals surface area contributed by atoms with Crippen molar-refractivity contribution >= 4 is 9.84 Å². The van der Waals surface area contributed by atoms with Gasteiger partial charge < -0.3 is 10.5 Å². The van der Waals surface area contributed by atoms with Crippen LogP contribution in [0.25, 0.3) is 0 Å². The Morgan fingerprint density at radius 1 is 1.28 bits per heavy atom. The van der Waals surface area contributed by atoms with Crippen LogP contribution in [0.3, 0.4) is 0 Å². The molecule has 0 radical (unpaired) electrons. The molecule has 0 spiro atoms. The number of morpholine rings is 1. The summed E-state index contributed by atoms with van der Waals surface area (Å²) in [5.41, 5.74) is 5.62. The number of ether oxygens (including phenoxy) is 1. The van der Waals surface area contributed by atoms with Crippen LogP contribution in [0.4, 0.5) is 0 Å². The zero-order valence-electron chi connectivity index (χ0n) is 10.7. The van der Waals surface area contributed by atoms with Gasteiger partial charge in [0.15, 0.2) is 9.84 Å². The van der Waals surface area contributed by atoms with E-state index >= 15 is 0 Å².